The summed E-state index contributed by atoms with van der Waals surface area (Å²) in [6.45, 7) is 5.53. The zero-order valence-corrected chi connectivity index (χ0v) is 12.5. The van der Waals surface area contributed by atoms with E-state index in [9.17, 15) is 13.2 Å². The molecular formula is C14H18N2O3S. The van der Waals surface area contributed by atoms with Crippen molar-refractivity contribution in [2.45, 2.75) is 31.2 Å². The summed E-state index contributed by atoms with van der Waals surface area (Å²) in [5.74, 6) is 1.94. The lowest BCUT2D eigenvalue weighted by molar-refractivity contribution is 0.0919. The van der Waals surface area contributed by atoms with Gasteiger partial charge in [-0.1, -0.05) is 5.92 Å². The zero-order chi connectivity index (χ0) is 15.4. The summed E-state index contributed by atoms with van der Waals surface area (Å²) in [5, 5.41) is 2.80. The molecule has 1 aromatic carbocycles. The van der Waals surface area contributed by atoms with E-state index in [2.05, 4.69) is 16.0 Å². The number of amides is 1. The highest BCUT2D eigenvalue weighted by atomic mass is 32.2. The Labute approximate surface area is 119 Å². The van der Waals surface area contributed by atoms with Crippen molar-refractivity contribution in [2.24, 2.45) is 0 Å². The molecule has 0 atom stereocenters. The average Bonchev–Trinajstić information content (AvgIpc) is 2.34. The van der Waals surface area contributed by atoms with Gasteiger partial charge in [0.15, 0.2) is 0 Å². The second kappa shape index (κ2) is 6.07. The molecule has 0 spiro atoms. The van der Waals surface area contributed by atoms with Gasteiger partial charge in [0.05, 0.1) is 11.4 Å². The fourth-order valence-electron chi connectivity index (χ4n) is 1.42. The molecule has 1 rings (SSSR count). The lowest BCUT2D eigenvalue weighted by Crippen LogP contribution is -2.40. The maximum absolute atomic E-state index is 11.9. The van der Waals surface area contributed by atoms with Crippen LogP contribution in [0.25, 0.3) is 0 Å². The quantitative estimate of drug-likeness (QED) is 0.817. The minimum atomic E-state index is -3.62. The maximum Gasteiger partial charge on any atom is 0.251 e. The molecule has 1 amide bonds. The molecular weight excluding hydrogens is 276 g/mol. The van der Waals surface area contributed by atoms with Gasteiger partial charge in [0, 0.05) is 11.1 Å². The van der Waals surface area contributed by atoms with Crippen LogP contribution >= 0.6 is 0 Å². The first-order valence-electron chi connectivity index (χ1n) is 6.01. The molecule has 0 aliphatic carbocycles. The van der Waals surface area contributed by atoms with Gasteiger partial charge in [0.25, 0.3) is 5.91 Å². The first-order valence-corrected chi connectivity index (χ1v) is 7.50. The van der Waals surface area contributed by atoms with Crippen molar-refractivity contribution < 1.29 is 13.2 Å². The molecule has 0 heterocycles. The number of hydrogen-bond acceptors (Lipinski definition) is 3. The molecule has 5 nitrogen and oxygen atoms in total. The average molecular weight is 294 g/mol. The normalized spacial score (nSPS) is 11.7. The lowest BCUT2D eigenvalue weighted by Gasteiger charge is -2.20. The molecule has 0 fully saturated rings. The predicted octanol–water partition coefficient (Wildman–Crippen LogP) is 1.13. The highest BCUT2D eigenvalue weighted by Gasteiger charge is 2.17. The van der Waals surface area contributed by atoms with Crippen LogP contribution in [0.15, 0.2) is 29.2 Å². The van der Waals surface area contributed by atoms with Crippen molar-refractivity contribution in [3.8, 4) is 12.3 Å². The number of hydrogen-bond donors (Lipinski definition) is 2. The Morgan fingerprint density at radius 1 is 1.25 bits per heavy atom. The van der Waals surface area contributed by atoms with Gasteiger partial charge in [0.1, 0.15) is 0 Å². The molecule has 0 aromatic heterocycles. The van der Waals surface area contributed by atoms with Crippen LogP contribution in [0.2, 0.25) is 0 Å². The Balaban J connectivity index is 2.90. The topological polar surface area (TPSA) is 75.3 Å². The zero-order valence-electron chi connectivity index (χ0n) is 11.7. The SMILES string of the molecule is C#CCNS(=O)(=O)c1ccc(C(=O)NC(C)(C)C)cc1. The van der Waals surface area contributed by atoms with Crippen LogP contribution in [0.3, 0.4) is 0 Å². The smallest absolute Gasteiger partial charge is 0.251 e. The molecule has 6 heteroatoms. The van der Waals surface area contributed by atoms with Crippen LogP contribution in [0.5, 0.6) is 0 Å². The van der Waals surface area contributed by atoms with E-state index in [0.29, 0.717) is 5.56 Å². The molecule has 108 valence electrons. The standard InChI is InChI=1S/C14H18N2O3S/c1-5-10-15-20(18,19)12-8-6-11(7-9-12)13(17)16-14(2,3)4/h1,6-9,15H,10H2,2-4H3,(H,16,17). The highest BCUT2D eigenvalue weighted by Crippen LogP contribution is 2.11. The fourth-order valence-corrected chi connectivity index (χ4v) is 2.35. The van der Waals surface area contributed by atoms with E-state index in [1.54, 1.807) is 0 Å². The van der Waals surface area contributed by atoms with Crippen LogP contribution in [0.4, 0.5) is 0 Å². The largest absolute Gasteiger partial charge is 0.347 e. The van der Waals surface area contributed by atoms with E-state index in [-0.39, 0.29) is 22.9 Å². The number of sulfonamides is 1. The molecule has 2 N–H and O–H groups in total. The van der Waals surface area contributed by atoms with E-state index in [0.717, 1.165) is 0 Å². The third kappa shape index (κ3) is 4.68. The third-order valence-corrected chi connectivity index (χ3v) is 3.70. The summed E-state index contributed by atoms with van der Waals surface area (Å²) in [7, 11) is -3.62. The van der Waals surface area contributed by atoms with Gasteiger partial charge < -0.3 is 5.32 Å². The van der Waals surface area contributed by atoms with Gasteiger partial charge >= 0.3 is 0 Å². The van der Waals surface area contributed by atoms with Crippen molar-refractivity contribution in [3.05, 3.63) is 29.8 Å². The Morgan fingerprint density at radius 2 is 1.80 bits per heavy atom. The van der Waals surface area contributed by atoms with Crippen molar-refractivity contribution in [1.82, 2.24) is 10.0 Å². The van der Waals surface area contributed by atoms with E-state index in [1.807, 2.05) is 20.8 Å². The molecule has 0 bridgehead atoms. The molecule has 0 unspecified atom stereocenters. The van der Waals surface area contributed by atoms with Crippen molar-refractivity contribution in [2.75, 3.05) is 6.54 Å². The van der Waals surface area contributed by atoms with Gasteiger partial charge in [-0.25, -0.2) is 8.42 Å². The summed E-state index contributed by atoms with van der Waals surface area (Å²) in [5.41, 5.74) is 0.0479. The third-order valence-electron chi connectivity index (χ3n) is 2.28. The second-order valence-corrected chi connectivity index (χ2v) is 7.02. The number of carbonyl (C=O) groups excluding carboxylic acids is 1. The summed E-state index contributed by atoms with van der Waals surface area (Å²) in [6, 6.07) is 5.67. The second-order valence-electron chi connectivity index (χ2n) is 5.26. The fraction of sp³-hybridized carbons (Fsp3) is 0.357. The van der Waals surface area contributed by atoms with Gasteiger partial charge in [-0.05, 0) is 45.0 Å². The number of rotatable bonds is 4. The first-order chi connectivity index (χ1) is 9.15. The minimum Gasteiger partial charge on any atom is -0.347 e. The highest BCUT2D eigenvalue weighted by molar-refractivity contribution is 7.89. The Morgan fingerprint density at radius 3 is 2.25 bits per heavy atom. The van der Waals surface area contributed by atoms with E-state index >= 15 is 0 Å². The van der Waals surface area contributed by atoms with Crippen LogP contribution in [-0.4, -0.2) is 26.4 Å². The minimum absolute atomic E-state index is 0.0695. The monoisotopic (exact) mass is 294 g/mol. The molecule has 0 saturated heterocycles. The summed E-state index contributed by atoms with van der Waals surface area (Å²) < 4.78 is 25.8. The Hall–Kier alpha value is -1.84. The molecule has 0 radical (unpaired) electrons. The van der Waals surface area contributed by atoms with Crippen molar-refractivity contribution in [1.29, 1.82) is 0 Å². The Kier molecular flexibility index (Phi) is 4.93. The molecule has 1 aromatic rings. The van der Waals surface area contributed by atoms with Crippen LogP contribution in [0, 0.1) is 12.3 Å². The molecule has 20 heavy (non-hydrogen) atoms. The molecule has 0 aliphatic heterocycles. The van der Waals surface area contributed by atoms with Crippen LogP contribution < -0.4 is 10.0 Å². The number of benzene rings is 1. The molecule has 0 aliphatic rings. The van der Waals surface area contributed by atoms with Gasteiger partial charge in [-0.15, -0.1) is 6.42 Å². The van der Waals surface area contributed by atoms with Crippen molar-refractivity contribution in [3.63, 3.8) is 0 Å². The number of nitrogens with one attached hydrogen (secondary N) is 2. The van der Waals surface area contributed by atoms with Crippen LogP contribution in [-0.2, 0) is 10.0 Å². The van der Waals surface area contributed by atoms with Crippen LogP contribution in [0.1, 0.15) is 31.1 Å². The van der Waals surface area contributed by atoms with E-state index < -0.39 is 10.0 Å². The van der Waals surface area contributed by atoms with Gasteiger partial charge in [-0.3, -0.25) is 4.79 Å². The summed E-state index contributed by atoms with van der Waals surface area (Å²) >= 11 is 0. The predicted molar refractivity (Wildman–Crippen MR) is 77.7 cm³/mol. The lowest BCUT2D eigenvalue weighted by atomic mass is 10.1. The number of terminal acetylenes is 1. The first kappa shape index (κ1) is 16.2. The maximum atomic E-state index is 11.9. The Bertz CT molecular complexity index is 620. The number of carbonyl (C=O) groups is 1. The van der Waals surface area contributed by atoms with Gasteiger partial charge in [0.2, 0.25) is 10.0 Å². The summed E-state index contributed by atoms with van der Waals surface area (Å²) in [6.07, 6.45) is 5.01. The van der Waals surface area contributed by atoms with E-state index in [4.69, 9.17) is 6.42 Å². The summed E-state index contributed by atoms with van der Waals surface area (Å²) in [4.78, 5) is 12.0. The molecule has 0 saturated carbocycles. The van der Waals surface area contributed by atoms with Gasteiger partial charge in [-0.2, -0.15) is 4.72 Å². The van der Waals surface area contributed by atoms with E-state index in [1.165, 1.54) is 24.3 Å². The van der Waals surface area contributed by atoms with Crippen molar-refractivity contribution >= 4 is 15.9 Å².